The van der Waals surface area contributed by atoms with Crippen LogP contribution in [0, 0.1) is 5.82 Å². The fourth-order valence-corrected chi connectivity index (χ4v) is 5.82. The highest BCUT2D eigenvalue weighted by Crippen LogP contribution is 2.44. The molecule has 2 heterocycles. The Balaban J connectivity index is 1.61. The van der Waals surface area contributed by atoms with Crippen LogP contribution in [0.25, 0.3) is 32.8 Å². The van der Waals surface area contributed by atoms with Crippen LogP contribution in [0.5, 0.6) is 5.75 Å². The van der Waals surface area contributed by atoms with Gasteiger partial charge in [-0.25, -0.2) is 4.39 Å². The SMILES string of the molecule is C=CC(=O)N1CCN(c2snc3c(F)c(-c4cc(O)cc5ccccc45)c(Cl)cc23)C(C)C1. The summed E-state index contributed by atoms with van der Waals surface area (Å²) in [6, 6.07) is 12.4. The van der Waals surface area contributed by atoms with Crippen molar-refractivity contribution in [2.45, 2.75) is 13.0 Å². The van der Waals surface area contributed by atoms with Crippen molar-refractivity contribution >= 4 is 55.7 Å². The van der Waals surface area contributed by atoms with E-state index in [0.717, 1.165) is 15.8 Å². The normalized spacial score (nSPS) is 16.5. The fourth-order valence-electron chi connectivity index (χ4n) is 4.54. The van der Waals surface area contributed by atoms with Crippen molar-refractivity contribution in [1.29, 1.82) is 0 Å². The Labute approximate surface area is 199 Å². The van der Waals surface area contributed by atoms with Gasteiger partial charge in [0, 0.05) is 36.6 Å². The lowest BCUT2D eigenvalue weighted by Crippen LogP contribution is -2.53. The number of piperazine rings is 1. The molecule has 1 aliphatic heterocycles. The highest BCUT2D eigenvalue weighted by Gasteiger charge is 2.29. The molecule has 1 saturated heterocycles. The van der Waals surface area contributed by atoms with E-state index in [1.54, 1.807) is 17.0 Å². The highest BCUT2D eigenvalue weighted by molar-refractivity contribution is 7.11. The topological polar surface area (TPSA) is 56.7 Å². The maximum absolute atomic E-state index is 15.9. The van der Waals surface area contributed by atoms with Gasteiger partial charge in [0.05, 0.1) is 5.02 Å². The second-order valence-electron chi connectivity index (χ2n) is 8.18. The van der Waals surface area contributed by atoms with Gasteiger partial charge < -0.3 is 14.9 Å². The molecule has 0 saturated carbocycles. The Kier molecular flexibility index (Phi) is 5.46. The van der Waals surface area contributed by atoms with Gasteiger partial charge in [0.2, 0.25) is 5.91 Å². The molecule has 33 heavy (non-hydrogen) atoms. The molecule has 1 aliphatic rings. The number of carbonyl (C=O) groups is 1. The van der Waals surface area contributed by atoms with Crippen LogP contribution in [0.2, 0.25) is 5.02 Å². The van der Waals surface area contributed by atoms with Gasteiger partial charge in [0.15, 0.2) is 5.82 Å². The van der Waals surface area contributed by atoms with E-state index in [0.29, 0.717) is 30.6 Å². The van der Waals surface area contributed by atoms with Gasteiger partial charge in [-0.2, -0.15) is 4.37 Å². The fraction of sp³-hybridized carbons (Fsp3) is 0.200. The largest absolute Gasteiger partial charge is 0.508 e. The number of aromatic nitrogens is 1. The van der Waals surface area contributed by atoms with Crippen LogP contribution in [-0.4, -0.2) is 46.0 Å². The van der Waals surface area contributed by atoms with Crippen LogP contribution in [0.3, 0.4) is 0 Å². The number of phenols is 1. The minimum atomic E-state index is -0.510. The van der Waals surface area contributed by atoms with Crippen molar-refractivity contribution in [3.8, 4) is 16.9 Å². The Morgan fingerprint density at radius 1 is 1.27 bits per heavy atom. The summed E-state index contributed by atoms with van der Waals surface area (Å²) in [4.78, 5) is 15.9. The maximum atomic E-state index is 15.9. The molecule has 1 amide bonds. The molecular formula is C25H21ClFN3O2S. The zero-order valence-corrected chi connectivity index (χ0v) is 19.5. The number of aromatic hydroxyl groups is 1. The zero-order valence-electron chi connectivity index (χ0n) is 17.9. The molecule has 8 heteroatoms. The number of hydrogen-bond acceptors (Lipinski definition) is 5. The molecule has 168 valence electrons. The van der Waals surface area contributed by atoms with Crippen LogP contribution >= 0.6 is 23.1 Å². The molecule has 1 aromatic heterocycles. The molecule has 5 rings (SSSR count). The third kappa shape index (κ3) is 3.61. The summed E-state index contributed by atoms with van der Waals surface area (Å²) in [5.41, 5.74) is 0.996. The first-order chi connectivity index (χ1) is 15.9. The first kappa shape index (κ1) is 21.7. The Morgan fingerprint density at radius 3 is 2.82 bits per heavy atom. The van der Waals surface area contributed by atoms with Crippen molar-refractivity contribution in [1.82, 2.24) is 9.27 Å². The lowest BCUT2D eigenvalue weighted by molar-refractivity contribution is -0.126. The molecule has 1 fully saturated rings. The van der Waals surface area contributed by atoms with Crippen LogP contribution in [0.15, 0.2) is 55.1 Å². The molecule has 0 aliphatic carbocycles. The quantitative estimate of drug-likeness (QED) is 0.373. The summed E-state index contributed by atoms with van der Waals surface area (Å²) >= 11 is 7.88. The molecule has 1 atom stereocenters. The van der Waals surface area contributed by atoms with Gasteiger partial charge in [0.25, 0.3) is 0 Å². The van der Waals surface area contributed by atoms with Gasteiger partial charge in [0.1, 0.15) is 16.3 Å². The van der Waals surface area contributed by atoms with Crippen molar-refractivity contribution in [2.75, 3.05) is 24.5 Å². The molecule has 0 spiro atoms. The number of hydrogen-bond donors (Lipinski definition) is 1. The Hall–Kier alpha value is -3.16. The van der Waals surface area contributed by atoms with Crippen molar-refractivity contribution in [3.05, 3.63) is 66.0 Å². The van der Waals surface area contributed by atoms with Crippen molar-refractivity contribution in [3.63, 3.8) is 0 Å². The molecule has 5 nitrogen and oxygen atoms in total. The predicted octanol–water partition coefficient (Wildman–Crippen LogP) is 5.84. The van der Waals surface area contributed by atoms with Crippen LogP contribution < -0.4 is 4.90 Å². The summed E-state index contributed by atoms with van der Waals surface area (Å²) in [6.07, 6.45) is 1.33. The average Bonchev–Trinajstić information content (AvgIpc) is 3.22. The number of carbonyl (C=O) groups excluding carboxylic acids is 1. The van der Waals surface area contributed by atoms with E-state index in [4.69, 9.17) is 11.6 Å². The van der Waals surface area contributed by atoms with Gasteiger partial charge in [-0.05, 0) is 59.1 Å². The van der Waals surface area contributed by atoms with E-state index in [9.17, 15) is 9.90 Å². The number of phenolic OH excluding ortho intramolecular Hbond substituents is 1. The van der Waals surface area contributed by atoms with E-state index in [-0.39, 0.29) is 33.8 Å². The number of benzene rings is 3. The minimum absolute atomic E-state index is 0.0304. The molecule has 1 N–H and O–H groups in total. The second kappa shape index (κ2) is 8.32. The summed E-state index contributed by atoms with van der Waals surface area (Å²) in [6.45, 7) is 7.30. The van der Waals surface area contributed by atoms with Crippen LogP contribution in [0.1, 0.15) is 6.92 Å². The lowest BCUT2D eigenvalue weighted by Gasteiger charge is -2.40. The average molecular weight is 482 g/mol. The van der Waals surface area contributed by atoms with E-state index in [2.05, 4.69) is 15.9 Å². The first-order valence-corrected chi connectivity index (χ1v) is 11.7. The number of nitrogens with zero attached hydrogens (tertiary/aromatic N) is 3. The van der Waals surface area contributed by atoms with Gasteiger partial charge >= 0.3 is 0 Å². The minimum Gasteiger partial charge on any atom is -0.508 e. The molecular weight excluding hydrogens is 461 g/mol. The summed E-state index contributed by atoms with van der Waals surface area (Å²) in [5.74, 6) is -0.560. The van der Waals surface area contributed by atoms with E-state index in [1.807, 2.05) is 31.2 Å². The summed E-state index contributed by atoms with van der Waals surface area (Å²) < 4.78 is 20.3. The number of amides is 1. The lowest BCUT2D eigenvalue weighted by atomic mass is 9.96. The van der Waals surface area contributed by atoms with Gasteiger partial charge in [-0.15, -0.1) is 0 Å². The molecule has 1 unspecified atom stereocenters. The number of halogens is 2. The highest BCUT2D eigenvalue weighted by atomic mass is 35.5. The third-order valence-corrected chi connectivity index (χ3v) is 7.34. The first-order valence-electron chi connectivity index (χ1n) is 10.6. The summed E-state index contributed by atoms with van der Waals surface area (Å²) in [5, 5.41) is 13.5. The third-order valence-electron chi connectivity index (χ3n) is 6.14. The smallest absolute Gasteiger partial charge is 0.246 e. The van der Waals surface area contributed by atoms with E-state index in [1.165, 1.54) is 23.7 Å². The van der Waals surface area contributed by atoms with Gasteiger partial charge in [-0.1, -0.05) is 42.4 Å². The Morgan fingerprint density at radius 2 is 2.06 bits per heavy atom. The van der Waals surface area contributed by atoms with Crippen LogP contribution in [0.4, 0.5) is 9.39 Å². The summed E-state index contributed by atoms with van der Waals surface area (Å²) in [7, 11) is 0. The standard InChI is InChI=1S/C25H21ClFN3O2S/c1-3-21(32)29-8-9-30(14(2)13-29)25-19-12-20(26)22(23(27)24(19)28-33-25)18-11-16(31)10-15-6-4-5-7-17(15)18/h3-7,10-12,14,31H,1,8-9,13H2,2H3. The van der Waals surface area contributed by atoms with Crippen molar-refractivity contribution < 1.29 is 14.3 Å². The Bertz CT molecular complexity index is 1420. The number of rotatable bonds is 3. The monoisotopic (exact) mass is 481 g/mol. The van der Waals surface area contributed by atoms with Gasteiger partial charge in [-0.3, -0.25) is 4.79 Å². The second-order valence-corrected chi connectivity index (χ2v) is 9.34. The number of fused-ring (bicyclic) bond motifs is 2. The molecule has 4 aromatic rings. The molecule has 0 radical (unpaired) electrons. The number of anilines is 1. The molecule has 3 aromatic carbocycles. The van der Waals surface area contributed by atoms with E-state index < -0.39 is 5.82 Å². The zero-order chi connectivity index (χ0) is 23.3. The van der Waals surface area contributed by atoms with Crippen molar-refractivity contribution in [2.24, 2.45) is 0 Å². The van der Waals surface area contributed by atoms with Crippen LogP contribution in [-0.2, 0) is 4.79 Å². The van der Waals surface area contributed by atoms with E-state index >= 15 is 4.39 Å². The maximum Gasteiger partial charge on any atom is 0.246 e. The predicted molar refractivity (Wildman–Crippen MR) is 133 cm³/mol. The molecule has 0 bridgehead atoms.